The van der Waals surface area contributed by atoms with Gasteiger partial charge in [-0.2, -0.15) is 0 Å². The number of likely N-dealkylation sites (tertiary alicyclic amines) is 1. The van der Waals surface area contributed by atoms with Gasteiger partial charge in [-0.25, -0.2) is 0 Å². The second-order valence-electron chi connectivity index (χ2n) is 7.84. The van der Waals surface area contributed by atoms with Gasteiger partial charge in [0.05, 0.1) is 0 Å². The predicted octanol–water partition coefficient (Wildman–Crippen LogP) is 2.91. The van der Waals surface area contributed by atoms with E-state index in [9.17, 15) is 0 Å². The van der Waals surface area contributed by atoms with Crippen LogP contribution < -0.4 is 10.6 Å². The SMILES string of the molecule is CN=C(NCCc1c[nH]c2cccc(C)c12)NC1CN(C(C)C)CC1C. The van der Waals surface area contributed by atoms with Gasteiger partial charge < -0.3 is 15.6 Å². The van der Waals surface area contributed by atoms with Crippen molar-refractivity contribution in [2.24, 2.45) is 10.9 Å². The van der Waals surface area contributed by atoms with Crippen LogP contribution in [0.15, 0.2) is 29.4 Å². The fourth-order valence-electron chi connectivity index (χ4n) is 3.95. The Balaban J connectivity index is 1.55. The third-order valence-electron chi connectivity index (χ3n) is 5.60. The van der Waals surface area contributed by atoms with Crippen LogP contribution in [0.3, 0.4) is 0 Å². The normalized spacial score (nSPS) is 21.7. The lowest BCUT2D eigenvalue weighted by molar-refractivity contribution is 0.265. The molecule has 1 aliphatic heterocycles. The molecule has 1 aliphatic rings. The summed E-state index contributed by atoms with van der Waals surface area (Å²) >= 11 is 0. The van der Waals surface area contributed by atoms with Crippen LogP contribution in [-0.2, 0) is 6.42 Å². The maximum atomic E-state index is 4.42. The first-order chi connectivity index (χ1) is 12.5. The Morgan fingerprint density at radius 1 is 1.35 bits per heavy atom. The highest BCUT2D eigenvalue weighted by Gasteiger charge is 2.31. The van der Waals surface area contributed by atoms with Crippen molar-refractivity contribution in [2.75, 3.05) is 26.7 Å². The number of aliphatic imine (C=N–C) groups is 1. The highest BCUT2D eigenvalue weighted by atomic mass is 15.3. The molecular weight excluding hydrogens is 322 g/mol. The molecule has 0 amide bonds. The number of guanidine groups is 1. The zero-order valence-corrected chi connectivity index (χ0v) is 16.8. The molecule has 0 spiro atoms. The molecule has 5 heteroatoms. The number of aromatic amines is 1. The van der Waals surface area contributed by atoms with Crippen molar-refractivity contribution in [1.82, 2.24) is 20.5 Å². The van der Waals surface area contributed by atoms with Crippen molar-refractivity contribution in [3.8, 4) is 0 Å². The molecule has 2 heterocycles. The van der Waals surface area contributed by atoms with E-state index in [1.165, 1.54) is 22.0 Å². The summed E-state index contributed by atoms with van der Waals surface area (Å²) in [5.74, 6) is 1.54. The van der Waals surface area contributed by atoms with Crippen LogP contribution in [0.1, 0.15) is 31.9 Å². The molecule has 0 radical (unpaired) electrons. The Labute approximate surface area is 157 Å². The van der Waals surface area contributed by atoms with Gasteiger partial charge in [-0.05, 0) is 50.3 Å². The minimum absolute atomic E-state index is 0.457. The van der Waals surface area contributed by atoms with Gasteiger partial charge in [0, 0.05) is 55.9 Å². The maximum Gasteiger partial charge on any atom is 0.191 e. The smallest absolute Gasteiger partial charge is 0.191 e. The first-order valence-electron chi connectivity index (χ1n) is 9.76. The van der Waals surface area contributed by atoms with E-state index in [1.54, 1.807) is 0 Å². The number of nitrogens with one attached hydrogen (secondary N) is 3. The van der Waals surface area contributed by atoms with Gasteiger partial charge in [-0.3, -0.25) is 9.89 Å². The van der Waals surface area contributed by atoms with Crippen molar-refractivity contribution >= 4 is 16.9 Å². The molecule has 0 saturated carbocycles. The topological polar surface area (TPSA) is 55.5 Å². The standard InChI is InChI=1S/C21H33N5/c1-14(2)26-12-16(4)19(13-26)25-21(22-5)23-10-9-17-11-24-18-8-6-7-15(3)20(17)18/h6-8,11,14,16,19,24H,9-10,12-13H2,1-5H3,(H2,22,23,25). The first-order valence-corrected chi connectivity index (χ1v) is 9.76. The fourth-order valence-corrected chi connectivity index (χ4v) is 3.95. The third-order valence-corrected chi connectivity index (χ3v) is 5.60. The van der Waals surface area contributed by atoms with Crippen LogP contribution >= 0.6 is 0 Å². The average Bonchev–Trinajstić information content (AvgIpc) is 3.19. The highest BCUT2D eigenvalue weighted by molar-refractivity contribution is 5.86. The summed E-state index contributed by atoms with van der Waals surface area (Å²) in [5.41, 5.74) is 3.91. The molecule has 0 bridgehead atoms. The lowest BCUT2D eigenvalue weighted by atomic mass is 10.1. The Morgan fingerprint density at radius 2 is 2.15 bits per heavy atom. The molecule has 26 heavy (non-hydrogen) atoms. The quantitative estimate of drug-likeness (QED) is 0.571. The van der Waals surface area contributed by atoms with E-state index in [0.717, 1.165) is 32.0 Å². The van der Waals surface area contributed by atoms with Gasteiger partial charge in [0.2, 0.25) is 0 Å². The molecule has 0 aliphatic carbocycles. The van der Waals surface area contributed by atoms with Gasteiger partial charge in [0.1, 0.15) is 0 Å². The minimum Gasteiger partial charge on any atom is -0.361 e. The number of hydrogen-bond donors (Lipinski definition) is 3. The number of hydrogen-bond acceptors (Lipinski definition) is 2. The maximum absolute atomic E-state index is 4.42. The Kier molecular flexibility index (Phi) is 5.87. The molecule has 142 valence electrons. The summed E-state index contributed by atoms with van der Waals surface area (Å²) in [6, 6.07) is 7.48. The van der Waals surface area contributed by atoms with E-state index < -0.39 is 0 Å². The van der Waals surface area contributed by atoms with Crippen LogP contribution in [0.25, 0.3) is 10.9 Å². The summed E-state index contributed by atoms with van der Waals surface area (Å²) in [6.45, 7) is 12.1. The van der Waals surface area contributed by atoms with Crippen molar-refractivity contribution in [3.05, 3.63) is 35.5 Å². The molecule has 3 rings (SSSR count). The van der Waals surface area contributed by atoms with E-state index in [-0.39, 0.29) is 0 Å². The number of aryl methyl sites for hydroxylation is 1. The summed E-state index contributed by atoms with van der Waals surface area (Å²) in [7, 11) is 1.85. The number of nitrogens with zero attached hydrogens (tertiary/aromatic N) is 2. The number of H-pyrrole nitrogens is 1. The van der Waals surface area contributed by atoms with E-state index in [2.05, 4.69) is 77.6 Å². The summed E-state index contributed by atoms with van der Waals surface area (Å²) in [5, 5.41) is 8.46. The van der Waals surface area contributed by atoms with Gasteiger partial charge in [-0.15, -0.1) is 0 Å². The summed E-state index contributed by atoms with van der Waals surface area (Å²) < 4.78 is 0. The lowest BCUT2D eigenvalue weighted by Gasteiger charge is -2.22. The summed E-state index contributed by atoms with van der Waals surface area (Å²) in [4.78, 5) is 10.3. The van der Waals surface area contributed by atoms with Crippen molar-refractivity contribution < 1.29 is 0 Å². The van der Waals surface area contributed by atoms with E-state index in [1.807, 2.05) is 7.05 Å². The zero-order valence-electron chi connectivity index (χ0n) is 16.8. The largest absolute Gasteiger partial charge is 0.361 e. The predicted molar refractivity (Wildman–Crippen MR) is 111 cm³/mol. The third kappa shape index (κ3) is 4.04. The van der Waals surface area contributed by atoms with Crippen LogP contribution in [0.2, 0.25) is 0 Å². The van der Waals surface area contributed by atoms with Crippen LogP contribution in [0, 0.1) is 12.8 Å². The first kappa shape index (κ1) is 18.8. The van der Waals surface area contributed by atoms with Crippen molar-refractivity contribution in [1.29, 1.82) is 0 Å². The second-order valence-corrected chi connectivity index (χ2v) is 7.84. The summed E-state index contributed by atoms with van der Waals surface area (Å²) in [6.07, 6.45) is 3.11. The molecule has 2 atom stereocenters. The molecule has 2 aromatic rings. The van der Waals surface area contributed by atoms with Crippen LogP contribution in [-0.4, -0.2) is 54.6 Å². The van der Waals surface area contributed by atoms with Gasteiger partial charge in [0.25, 0.3) is 0 Å². The monoisotopic (exact) mass is 355 g/mol. The second kappa shape index (κ2) is 8.12. The molecule has 1 fully saturated rings. The highest BCUT2D eigenvalue weighted by Crippen LogP contribution is 2.22. The van der Waals surface area contributed by atoms with Gasteiger partial charge in [0.15, 0.2) is 5.96 Å². The van der Waals surface area contributed by atoms with E-state index in [0.29, 0.717) is 18.0 Å². The Bertz CT molecular complexity index is 761. The molecular formula is C21H33N5. The molecule has 1 saturated heterocycles. The number of benzene rings is 1. The van der Waals surface area contributed by atoms with Gasteiger partial charge >= 0.3 is 0 Å². The zero-order chi connectivity index (χ0) is 18.7. The van der Waals surface area contributed by atoms with Crippen LogP contribution in [0.4, 0.5) is 0 Å². The number of rotatable bonds is 5. The fraction of sp³-hybridized carbons (Fsp3) is 0.571. The Hall–Kier alpha value is -2.01. The molecule has 1 aromatic heterocycles. The van der Waals surface area contributed by atoms with E-state index in [4.69, 9.17) is 0 Å². The molecule has 2 unspecified atom stereocenters. The molecule has 5 nitrogen and oxygen atoms in total. The van der Waals surface area contributed by atoms with E-state index >= 15 is 0 Å². The van der Waals surface area contributed by atoms with Crippen molar-refractivity contribution in [3.63, 3.8) is 0 Å². The minimum atomic E-state index is 0.457. The molecule has 3 N–H and O–H groups in total. The lowest BCUT2D eigenvalue weighted by Crippen LogP contribution is -2.47. The van der Waals surface area contributed by atoms with Crippen molar-refractivity contribution in [2.45, 2.75) is 46.2 Å². The van der Waals surface area contributed by atoms with Crippen LogP contribution in [0.5, 0.6) is 0 Å². The average molecular weight is 356 g/mol. The van der Waals surface area contributed by atoms with Gasteiger partial charge in [-0.1, -0.05) is 19.1 Å². The number of aromatic nitrogens is 1. The number of fused-ring (bicyclic) bond motifs is 1. The Morgan fingerprint density at radius 3 is 2.85 bits per heavy atom. The molecule has 1 aromatic carbocycles.